The van der Waals surface area contributed by atoms with Gasteiger partial charge in [-0.1, -0.05) is 12.1 Å². The highest BCUT2D eigenvalue weighted by Gasteiger charge is 2.26. The van der Waals surface area contributed by atoms with Crippen LogP contribution in [0.4, 0.5) is 8.78 Å². The SMILES string of the molecule is CCOC(=O)c1ccc2nc(CC3CC=C(c4ccc(F)c(OCc5ccc(C#N)cc5F)n4)CC3)n(CC3CCO3)c2n1. The largest absolute Gasteiger partial charge is 0.471 e. The number of carbonyl (C=O) groups is 1. The van der Waals surface area contributed by atoms with Crippen molar-refractivity contribution in [1.82, 2.24) is 19.5 Å². The molecule has 0 N–H and O–H groups in total. The molecule has 3 aromatic heterocycles. The van der Waals surface area contributed by atoms with Crippen LogP contribution in [0.5, 0.6) is 5.88 Å². The van der Waals surface area contributed by atoms with E-state index >= 15 is 0 Å². The van der Waals surface area contributed by atoms with Gasteiger partial charge < -0.3 is 18.8 Å². The quantitative estimate of drug-likeness (QED) is 0.206. The summed E-state index contributed by atoms with van der Waals surface area (Å²) in [5, 5.41) is 8.93. The fraction of sp³-hybridized carbons (Fsp3) is 0.364. The van der Waals surface area contributed by atoms with Gasteiger partial charge in [-0.2, -0.15) is 5.26 Å². The third-order valence-electron chi connectivity index (χ3n) is 8.02. The number of nitrogens with zero attached hydrogens (tertiary/aromatic N) is 5. The van der Waals surface area contributed by atoms with Crippen molar-refractivity contribution >= 4 is 22.7 Å². The van der Waals surface area contributed by atoms with Crippen molar-refractivity contribution in [3.05, 3.63) is 88.5 Å². The highest BCUT2D eigenvalue weighted by molar-refractivity contribution is 5.89. The van der Waals surface area contributed by atoms with Crippen LogP contribution in [-0.2, 0) is 29.0 Å². The predicted octanol–water partition coefficient (Wildman–Crippen LogP) is 5.95. The number of aromatic nitrogens is 4. The molecule has 44 heavy (non-hydrogen) atoms. The lowest BCUT2D eigenvalue weighted by atomic mass is 9.86. The van der Waals surface area contributed by atoms with Crippen molar-refractivity contribution in [2.24, 2.45) is 5.92 Å². The second-order valence-electron chi connectivity index (χ2n) is 10.9. The molecule has 2 aliphatic rings. The van der Waals surface area contributed by atoms with Crippen molar-refractivity contribution in [3.63, 3.8) is 0 Å². The first kappa shape index (κ1) is 29.4. The molecule has 1 aromatic carbocycles. The summed E-state index contributed by atoms with van der Waals surface area (Å²) >= 11 is 0. The van der Waals surface area contributed by atoms with Gasteiger partial charge >= 0.3 is 5.97 Å². The van der Waals surface area contributed by atoms with Crippen LogP contribution < -0.4 is 4.74 Å². The van der Waals surface area contributed by atoms with E-state index in [-0.39, 0.29) is 42.0 Å². The predicted molar refractivity (Wildman–Crippen MR) is 157 cm³/mol. The van der Waals surface area contributed by atoms with Crippen molar-refractivity contribution in [2.45, 2.75) is 58.3 Å². The summed E-state index contributed by atoms with van der Waals surface area (Å²) in [6.45, 7) is 3.18. The van der Waals surface area contributed by atoms with E-state index in [0.29, 0.717) is 23.8 Å². The third-order valence-corrected chi connectivity index (χ3v) is 8.02. The van der Waals surface area contributed by atoms with Crippen LogP contribution in [0, 0.1) is 28.9 Å². The van der Waals surface area contributed by atoms with Gasteiger partial charge in [-0.3, -0.25) is 0 Å². The van der Waals surface area contributed by atoms with Crippen LogP contribution in [0.3, 0.4) is 0 Å². The Morgan fingerprint density at radius 3 is 2.68 bits per heavy atom. The number of benzene rings is 1. The molecule has 6 rings (SSSR count). The molecule has 0 saturated carbocycles. The van der Waals surface area contributed by atoms with Crippen molar-refractivity contribution < 1.29 is 27.8 Å². The van der Waals surface area contributed by atoms with Crippen LogP contribution in [0.1, 0.15) is 65.7 Å². The van der Waals surface area contributed by atoms with E-state index in [1.807, 2.05) is 12.1 Å². The van der Waals surface area contributed by atoms with Gasteiger partial charge in [-0.05, 0) is 80.5 Å². The third kappa shape index (κ3) is 6.31. The standard InChI is InChI=1S/C33H31F2N5O4/c1-2-42-33(41)29-12-11-28-31(38-29)40(18-24-13-14-43-24)30(37-28)16-20-3-6-22(7-4-20)27-10-9-25(34)32(39-27)44-19-23-8-5-21(17-36)15-26(23)35/h5-6,8-12,15,20,24H,2-4,7,13-14,16,18-19H2,1H3. The Labute approximate surface area is 253 Å². The first-order chi connectivity index (χ1) is 21.4. The summed E-state index contributed by atoms with van der Waals surface area (Å²) in [5.41, 5.74) is 3.64. The first-order valence-electron chi connectivity index (χ1n) is 14.7. The molecule has 0 spiro atoms. The van der Waals surface area contributed by atoms with E-state index in [1.165, 1.54) is 18.2 Å². The minimum atomic E-state index is -0.633. The Morgan fingerprint density at radius 1 is 1.11 bits per heavy atom. The number of imidazole rings is 1. The molecular formula is C33H31F2N5O4. The average Bonchev–Trinajstić information content (AvgIpc) is 3.35. The zero-order valence-electron chi connectivity index (χ0n) is 24.3. The number of hydrogen-bond acceptors (Lipinski definition) is 8. The monoisotopic (exact) mass is 599 g/mol. The van der Waals surface area contributed by atoms with E-state index < -0.39 is 17.6 Å². The summed E-state index contributed by atoms with van der Waals surface area (Å²) in [4.78, 5) is 26.2. The molecule has 4 aromatic rings. The number of ether oxygens (including phenoxy) is 3. The fourth-order valence-corrected chi connectivity index (χ4v) is 5.50. The van der Waals surface area contributed by atoms with Gasteiger partial charge in [0.2, 0.25) is 0 Å². The molecule has 1 aliphatic heterocycles. The van der Waals surface area contributed by atoms with Gasteiger partial charge in [0.05, 0.1) is 36.6 Å². The molecule has 2 atom stereocenters. The van der Waals surface area contributed by atoms with Crippen LogP contribution in [0.2, 0.25) is 0 Å². The fourth-order valence-electron chi connectivity index (χ4n) is 5.50. The summed E-state index contributed by atoms with van der Waals surface area (Å²) in [6.07, 6.45) is 6.30. The molecule has 1 aliphatic carbocycles. The maximum atomic E-state index is 14.5. The van der Waals surface area contributed by atoms with Crippen LogP contribution in [-0.4, -0.2) is 44.8 Å². The Bertz CT molecular complexity index is 1780. The second kappa shape index (κ2) is 12.9. The summed E-state index contributed by atoms with van der Waals surface area (Å²) in [7, 11) is 0. The van der Waals surface area contributed by atoms with Crippen LogP contribution >= 0.6 is 0 Å². The second-order valence-corrected chi connectivity index (χ2v) is 10.9. The Balaban J connectivity index is 1.16. The topological polar surface area (TPSA) is 112 Å². The average molecular weight is 600 g/mol. The number of carbonyl (C=O) groups excluding carboxylic acids is 1. The first-order valence-corrected chi connectivity index (χ1v) is 14.7. The molecule has 1 fully saturated rings. The number of halogens is 2. The van der Waals surface area contributed by atoms with Crippen molar-refractivity contribution in [2.75, 3.05) is 13.2 Å². The summed E-state index contributed by atoms with van der Waals surface area (Å²) in [6, 6.07) is 12.3. The Kier molecular flexibility index (Phi) is 8.61. The van der Waals surface area contributed by atoms with Gasteiger partial charge in [0, 0.05) is 18.6 Å². The van der Waals surface area contributed by atoms with Gasteiger partial charge in [0.25, 0.3) is 5.88 Å². The molecule has 2 unspecified atom stereocenters. The molecule has 4 heterocycles. The number of pyridine rings is 2. The molecule has 11 heteroatoms. The number of allylic oxidation sites excluding steroid dienone is 2. The lowest BCUT2D eigenvalue weighted by molar-refractivity contribution is -0.0591. The maximum absolute atomic E-state index is 14.5. The van der Waals surface area contributed by atoms with E-state index in [4.69, 9.17) is 24.5 Å². The molecular weight excluding hydrogens is 568 g/mol. The van der Waals surface area contributed by atoms with E-state index in [9.17, 15) is 13.6 Å². The normalized spacial score (nSPS) is 17.9. The smallest absolute Gasteiger partial charge is 0.357 e. The number of hydrogen-bond donors (Lipinski definition) is 0. The molecule has 1 saturated heterocycles. The van der Waals surface area contributed by atoms with Gasteiger partial charge in [0.1, 0.15) is 23.8 Å². The molecule has 226 valence electrons. The van der Waals surface area contributed by atoms with Crippen molar-refractivity contribution in [3.8, 4) is 11.9 Å². The molecule has 0 bridgehead atoms. The zero-order valence-corrected chi connectivity index (χ0v) is 24.3. The number of rotatable bonds is 10. The van der Waals surface area contributed by atoms with Gasteiger partial charge in [-0.15, -0.1) is 0 Å². The minimum absolute atomic E-state index is 0.0893. The Hall–Kier alpha value is -4.69. The van der Waals surface area contributed by atoms with Crippen LogP contribution in [0.15, 0.2) is 48.5 Å². The lowest BCUT2D eigenvalue weighted by Crippen LogP contribution is -2.32. The molecule has 0 radical (unpaired) electrons. The maximum Gasteiger partial charge on any atom is 0.357 e. The molecule has 9 nitrogen and oxygen atoms in total. The number of fused-ring (bicyclic) bond motifs is 1. The molecule has 0 amide bonds. The van der Waals surface area contributed by atoms with Crippen LogP contribution in [0.25, 0.3) is 16.7 Å². The lowest BCUT2D eigenvalue weighted by Gasteiger charge is -2.28. The minimum Gasteiger partial charge on any atom is -0.471 e. The van der Waals surface area contributed by atoms with E-state index in [0.717, 1.165) is 61.7 Å². The number of nitriles is 1. The summed E-state index contributed by atoms with van der Waals surface area (Å²) in [5.74, 6) is -0.668. The highest BCUT2D eigenvalue weighted by Crippen LogP contribution is 2.33. The van der Waals surface area contributed by atoms with Gasteiger partial charge in [-0.25, -0.2) is 28.5 Å². The highest BCUT2D eigenvalue weighted by atomic mass is 19.1. The van der Waals surface area contributed by atoms with E-state index in [1.54, 1.807) is 19.1 Å². The van der Waals surface area contributed by atoms with E-state index in [2.05, 4.69) is 20.6 Å². The van der Waals surface area contributed by atoms with Crippen molar-refractivity contribution in [1.29, 1.82) is 5.26 Å². The number of esters is 1. The van der Waals surface area contributed by atoms with Gasteiger partial charge in [0.15, 0.2) is 17.2 Å². The summed E-state index contributed by atoms with van der Waals surface area (Å²) < 4.78 is 47.2. The Morgan fingerprint density at radius 2 is 1.98 bits per heavy atom. The zero-order chi connectivity index (χ0) is 30.6.